The first-order chi connectivity index (χ1) is 12.6. The van der Waals surface area contributed by atoms with E-state index in [-0.39, 0.29) is 5.97 Å². The number of nitrogens with zero attached hydrogens (tertiary/aromatic N) is 2. The van der Waals surface area contributed by atoms with Crippen LogP contribution in [0.4, 0.5) is 0 Å². The Morgan fingerprint density at radius 3 is 2.69 bits per heavy atom. The monoisotopic (exact) mass is 388 g/mol. The van der Waals surface area contributed by atoms with Gasteiger partial charge < -0.3 is 9.47 Å². The summed E-state index contributed by atoms with van der Waals surface area (Å²) in [5, 5.41) is 2.22. The molecule has 0 saturated heterocycles. The van der Waals surface area contributed by atoms with Crippen LogP contribution in [0.15, 0.2) is 35.6 Å². The summed E-state index contributed by atoms with van der Waals surface area (Å²) in [6.45, 7) is 4.86. The molecule has 0 aliphatic carbocycles. The Morgan fingerprint density at radius 2 is 1.96 bits per heavy atom. The highest BCUT2D eigenvalue weighted by atomic mass is 32.2. The van der Waals surface area contributed by atoms with Crippen molar-refractivity contribution < 1.29 is 14.3 Å². The number of hydrogen-bond donors (Lipinski definition) is 0. The van der Waals surface area contributed by atoms with Crippen LogP contribution in [-0.2, 0) is 4.74 Å². The predicted octanol–water partition coefficient (Wildman–Crippen LogP) is 4.66. The second-order valence-electron chi connectivity index (χ2n) is 5.71. The third-order valence-corrected chi connectivity index (χ3v) is 6.19. The number of aromatic nitrogens is 2. The summed E-state index contributed by atoms with van der Waals surface area (Å²) < 4.78 is 10.4. The Balaban J connectivity index is 1.50. The molecule has 0 unspecified atom stereocenters. The molecule has 0 amide bonds. The second-order valence-corrected chi connectivity index (χ2v) is 8.00. The largest absolute Gasteiger partial charge is 0.494 e. The van der Waals surface area contributed by atoms with Gasteiger partial charge in [0.15, 0.2) is 0 Å². The molecular weight excluding hydrogens is 368 g/mol. The molecule has 0 aliphatic heterocycles. The van der Waals surface area contributed by atoms with Crippen LogP contribution in [0.1, 0.15) is 27.2 Å². The van der Waals surface area contributed by atoms with Crippen molar-refractivity contribution in [3.63, 3.8) is 0 Å². The number of rotatable bonds is 7. The lowest BCUT2D eigenvalue weighted by molar-refractivity contribution is 0.0600. The summed E-state index contributed by atoms with van der Waals surface area (Å²) in [4.78, 5) is 22.6. The molecule has 0 fully saturated rings. The van der Waals surface area contributed by atoms with Crippen LogP contribution < -0.4 is 4.74 Å². The number of thiophene rings is 1. The van der Waals surface area contributed by atoms with Crippen molar-refractivity contribution in [2.24, 2.45) is 0 Å². The number of fused-ring (bicyclic) bond motifs is 1. The minimum atomic E-state index is -0.344. The summed E-state index contributed by atoms with van der Waals surface area (Å²) in [5.74, 6) is 1.32. The smallest absolute Gasteiger partial charge is 0.337 e. The van der Waals surface area contributed by atoms with E-state index in [1.54, 1.807) is 53.7 Å². The second kappa shape index (κ2) is 8.51. The summed E-state index contributed by atoms with van der Waals surface area (Å²) in [7, 11) is 1.37. The molecular formula is C19H20N2O3S2. The number of benzene rings is 1. The van der Waals surface area contributed by atoms with Gasteiger partial charge in [-0.3, -0.25) is 0 Å². The Labute approximate surface area is 160 Å². The quantitative estimate of drug-likeness (QED) is 0.254. The van der Waals surface area contributed by atoms with Crippen LogP contribution >= 0.6 is 23.1 Å². The van der Waals surface area contributed by atoms with E-state index >= 15 is 0 Å². The van der Waals surface area contributed by atoms with Crippen molar-refractivity contribution >= 4 is 39.3 Å². The fraction of sp³-hybridized carbons (Fsp3) is 0.316. The van der Waals surface area contributed by atoms with Gasteiger partial charge in [0.25, 0.3) is 0 Å². The first-order valence-corrected chi connectivity index (χ1v) is 10.0. The molecule has 5 nitrogen and oxygen atoms in total. The maximum Gasteiger partial charge on any atom is 0.337 e. The zero-order valence-corrected chi connectivity index (χ0v) is 16.6. The fourth-order valence-corrected chi connectivity index (χ4v) is 4.52. The van der Waals surface area contributed by atoms with Gasteiger partial charge in [-0.1, -0.05) is 0 Å². The maximum atomic E-state index is 11.4. The van der Waals surface area contributed by atoms with Gasteiger partial charge in [0.2, 0.25) is 0 Å². The number of hydrogen-bond acceptors (Lipinski definition) is 7. The number of esters is 1. The number of ether oxygens (including phenoxy) is 2. The van der Waals surface area contributed by atoms with Crippen LogP contribution in [-0.4, -0.2) is 35.4 Å². The molecule has 0 spiro atoms. The van der Waals surface area contributed by atoms with Gasteiger partial charge in [-0.25, -0.2) is 14.8 Å². The third-order valence-electron chi connectivity index (χ3n) is 4.00. The van der Waals surface area contributed by atoms with Crippen LogP contribution in [0.25, 0.3) is 10.2 Å². The Hall–Kier alpha value is -2.12. The number of methoxy groups -OCH3 is 1. The highest BCUT2D eigenvalue weighted by molar-refractivity contribution is 7.99. The topological polar surface area (TPSA) is 61.3 Å². The van der Waals surface area contributed by atoms with Gasteiger partial charge >= 0.3 is 5.97 Å². The number of carbonyl (C=O) groups excluding carboxylic acids is 1. The van der Waals surface area contributed by atoms with Crippen LogP contribution in [0, 0.1) is 13.8 Å². The highest BCUT2D eigenvalue weighted by Crippen LogP contribution is 2.34. The highest BCUT2D eigenvalue weighted by Gasteiger charge is 2.12. The summed E-state index contributed by atoms with van der Waals surface area (Å²) in [5.41, 5.74) is 1.79. The molecule has 2 heterocycles. The maximum absolute atomic E-state index is 11.4. The van der Waals surface area contributed by atoms with Gasteiger partial charge in [-0.15, -0.1) is 23.1 Å². The SMILES string of the molecule is COC(=O)c1ccc(OCCCSc2ncnc3sc(C)c(C)c23)cc1. The van der Waals surface area contributed by atoms with Crippen molar-refractivity contribution in [1.82, 2.24) is 9.97 Å². The van der Waals surface area contributed by atoms with E-state index in [0.29, 0.717) is 12.2 Å². The van der Waals surface area contributed by atoms with Crippen molar-refractivity contribution in [2.45, 2.75) is 25.3 Å². The van der Waals surface area contributed by atoms with E-state index in [2.05, 4.69) is 28.6 Å². The minimum Gasteiger partial charge on any atom is -0.494 e. The number of aryl methyl sites for hydroxylation is 2. The molecule has 0 N–H and O–H groups in total. The predicted molar refractivity (Wildman–Crippen MR) is 106 cm³/mol. The van der Waals surface area contributed by atoms with Crippen LogP contribution in [0.2, 0.25) is 0 Å². The lowest BCUT2D eigenvalue weighted by atomic mass is 10.2. The number of carbonyl (C=O) groups is 1. The first kappa shape index (κ1) is 18.7. The first-order valence-electron chi connectivity index (χ1n) is 8.25. The lowest BCUT2D eigenvalue weighted by Crippen LogP contribution is -2.02. The van der Waals surface area contributed by atoms with Gasteiger partial charge in [-0.05, 0) is 50.1 Å². The molecule has 7 heteroatoms. The molecule has 2 aromatic heterocycles. The Kier molecular flexibility index (Phi) is 6.11. The molecule has 0 aliphatic rings. The number of thioether (sulfide) groups is 1. The third kappa shape index (κ3) is 4.16. The van der Waals surface area contributed by atoms with Crippen LogP contribution in [0.5, 0.6) is 5.75 Å². The van der Waals surface area contributed by atoms with Crippen molar-refractivity contribution in [1.29, 1.82) is 0 Å². The molecule has 1 aromatic carbocycles. The van der Waals surface area contributed by atoms with Crippen molar-refractivity contribution in [3.05, 3.63) is 46.6 Å². The van der Waals surface area contributed by atoms with E-state index in [1.165, 1.54) is 22.9 Å². The standard InChI is InChI=1S/C19H20N2O3S2/c1-12-13(2)26-18-16(12)17(20-11-21-18)25-10-4-9-24-15-7-5-14(6-8-15)19(22)23-3/h5-8,11H,4,9-10H2,1-3H3. The van der Waals surface area contributed by atoms with Crippen LogP contribution in [0.3, 0.4) is 0 Å². The van der Waals surface area contributed by atoms with Gasteiger partial charge in [0.1, 0.15) is 21.9 Å². The lowest BCUT2D eigenvalue weighted by Gasteiger charge is -2.07. The van der Waals surface area contributed by atoms with Crippen molar-refractivity contribution in [3.8, 4) is 5.75 Å². The van der Waals surface area contributed by atoms with E-state index in [0.717, 1.165) is 27.8 Å². The van der Waals surface area contributed by atoms with E-state index < -0.39 is 0 Å². The van der Waals surface area contributed by atoms with Crippen molar-refractivity contribution in [2.75, 3.05) is 19.5 Å². The van der Waals surface area contributed by atoms with E-state index in [9.17, 15) is 4.79 Å². The van der Waals surface area contributed by atoms with E-state index in [4.69, 9.17) is 4.74 Å². The summed E-state index contributed by atoms with van der Waals surface area (Å²) in [6.07, 6.45) is 2.54. The fourth-order valence-electron chi connectivity index (χ4n) is 2.48. The average molecular weight is 389 g/mol. The molecule has 0 radical (unpaired) electrons. The molecule has 3 aromatic rings. The molecule has 26 heavy (non-hydrogen) atoms. The molecule has 0 bridgehead atoms. The summed E-state index contributed by atoms with van der Waals surface area (Å²) in [6, 6.07) is 6.97. The average Bonchev–Trinajstić information content (AvgIpc) is 2.96. The zero-order valence-electron chi connectivity index (χ0n) is 14.9. The Morgan fingerprint density at radius 1 is 1.19 bits per heavy atom. The zero-order chi connectivity index (χ0) is 18.5. The molecule has 0 saturated carbocycles. The minimum absolute atomic E-state index is 0.344. The summed E-state index contributed by atoms with van der Waals surface area (Å²) >= 11 is 3.45. The van der Waals surface area contributed by atoms with Gasteiger partial charge in [-0.2, -0.15) is 0 Å². The molecule has 136 valence electrons. The van der Waals surface area contributed by atoms with Gasteiger partial charge in [0, 0.05) is 16.0 Å². The van der Waals surface area contributed by atoms with Gasteiger partial charge in [0.05, 0.1) is 19.3 Å². The van der Waals surface area contributed by atoms with E-state index in [1.807, 2.05) is 0 Å². The molecule has 3 rings (SSSR count). The normalized spacial score (nSPS) is 10.9. The Bertz CT molecular complexity index is 907. The molecule has 0 atom stereocenters.